The van der Waals surface area contributed by atoms with E-state index in [0.29, 0.717) is 11.3 Å². The van der Waals surface area contributed by atoms with Gasteiger partial charge in [-0.2, -0.15) is 4.40 Å². The lowest BCUT2D eigenvalue weighted by atomic mass is 10.2. The minimum atomic E-state index is -1.45. The molecule has 1 rings (SSSR count). The second-order valence-corrected chi connectivity index (χ2v) is 6.83. The molecule has 1 aromatic carbocycles. The highest BCUT2D eigenvalue weighted by atomic mass is 32.2. The number of ether oxygens (including phenoxy) is 1. The van der Waals surface area contributed by atoms with E-state index in [2.05, 4.69) is 4.40 Å². The third-order valence-corrected chi connectivity index (χ3v) is 3.56. The Morgan fingerprint density at radius 3 is 2.37 bits per heavy atom. The third-order valence-electron chi connectivity index (χ3n) is 2.22. The summed E-state index contributed by atoms with van der Waals surface area (Å²) >= 11 is 0. The quantitative estimate of drug-likeness (QED) is 0.793. The number of nitrogens with zero attached hydrogens (tertiary/aromatic N) is 1. The normalized spacial score (nSPS) is 14.7. The molecule has 0 radical (unpaired) electrons. The summed E-state index contributed by atoms with van der Waals surface area (Å²) in [5.74, 6) is 0.169. The van der Waals surface area contributed by atoms with Crippen LogP contribution in [0.25, 0.3) is 6.08 Å². The van der Waals surface area contributed by atoms with Gasteiger partial charge in [-0.05, 0) is 44.5 Å². The van der Waals surface area contributed by atoms with Crippen LogP contribution in [0.5, 0.6) is 5.75 Å². The number of halogens is 1. The van der Waals surface area contributed by atoms with Gasteiger partial charge in [0.25, 0.3) is 0 Å². The van der Waals surface area contributed by atoms with Crippen molar-refractivity contribution in [3.8, 4) is 5.75 Å². The Labute approximate surface area is 115 Å². The molecule has 1 unspecified atom stereocenters. The van der Waals surface area contributed by atoms with E-state index in [1.54, 1.807) is 52.1 Å². The molecule has 19 heavy (non-hydrogen) atoms. The molecule has 0 amide bonds. The maximum absolute atomic E-state index is 13.6. The molecule has 3 nitrogen and oxygen atoms in total. The van der Waals surface area contributed by atoms with Gasteiger partial charge < -0.3 is 4.74 Å². The van der Waals surface area contributed by atoms with Crippen molar-refractivity contribution in [2.24, 2.45) is 4.40 Å². The molecular weight excluding hydrogens is 265 g/mol. The van der Waals surface area contributed by atoms with Crippen molar-refractivity contribution < 1.29 is 13.3 Å². The first-order valence-corrected chi connectivity index (χ1v) is 6.91. The van der Waals surface area contributed by atoms with Crippen molar-refractivity contribution in [2.45, 2.75) is 25.5 Å². The highest BCUT2D eigenvalue weighted by molar-refractivity contribution is 7.85. The molecule has 104 valence electrons. The zero-order chi connectivity index (χ0) is 14.5. The zero-order valence-corrected chi connectivity index (χ0v) is 12.3. The molecule has 0 bridgehead atoms. The smallest absolute Gasteiger partial charge is 0.144 e. The molecule has 1 aromatic rings. The minimum absolute atomic E-state index is 0.489. The second-order valence-electron chi connectivity index (χ2n) is 4.90. The van der Waals surface area contributed by atoms with Crippen LogP contribution in [0, 0.1) is 0 Å². The van der Waals surface area contributed by atoms with Crippen LogP contribution >= 0.6 is 0 Å². The zero-order valence-electron chi connectivity index (χ0n) is 11.5. The van der Waals surface area contributed by atoms with E-state index in [4.69, 9.17) is 4.74 Å². The Morgan fingerprint density at radius 1 is 1.32 bits per heavy atom. The van der Waals surface area contributed by atoms with Crippen molar-refractivity contribution >= 4 is 23.3 Å². The van der Waals surface area contributed by atoms with Crippen molar-refractivity contribution in [1.29, 1.82) is 0 Å². The number of rotatable bonds is 4. The topological polar surface area (TPSA) is 38.7 Å². The number of allylic oxidation sites excluding steroid dienone is 1. The van der Waals surface area contributed by atoms with E-state index < -0.39 is 21.6 Å². The first kappa shape index (κ1) is 15.6. The highest BCUT2D eigenvalue weighted by Crippen LogP contribution is 2.15. The molecule has 0 saturated heterocycles. The Bertz CT molecular complexity index is 501. The first-order chi connectivity index (χ1) is 8.82. The molecule has 0 fully saturated rings. The molecule has 0 aliphatic rings. The third kappa shape index (κ3) is 5.34. The lowest BCUT2D eigenvalue weighted by molar-refractivity contribution is 0.415. The fourth-order valence-corrected chi connectivity index (χ4v) is 1.67. The SMILES string of the molecule is COc1ccc(/C=C(F)/C=N/S(=O)C(C)(C)C)cc1. The van der Waals surface area contributed by atoms with Crippen LogP contribution in [-0.4, -0.2) is 22.3 Å². The van der Waals surface area contributed by atoms with E-state index in [9.17, 15) is 8.60 Å². The molecule has 1 atom stereocenters. The summed E-state index contributed by atoms with van der Waals surface area (Å²) in [7, 11) is 0.117. The van der Waals surface area contributed by atoms with Gasteiger partial charge in [-0.3, -0.25) is 0 Å². The van der Waals surface area contributed by atoms with E-state index in [1.807, 2.05) is 0 Å². The minimum Gasteiger partial charge on any atom is -0.497 e. The predicted octanol–water partition coefficient (Wildman–Crippen LogP) is 3.54. The average molecular weight is 283 g/mol. The van der Waals surface area contributed by atoms with Gasteiger partial charge in [0.15, 0.2) is 0 Å². The monoisotopic (exact) mass is 283 g/mol. The molecule has 0 saturated carbocycles. The largest absolute Gasteiger partial charge is 0.497 e. The molecule has 0 aromatic heterocycles. The summed E-state index contributed by atoms with van der Waals surface area (Å²) in [6.45, 7) is 5.35. The Hall–Kier alpha value is -1.49. The molecule has 0 heterocycles. The molecule has 0 spiro atoms. The fourth-order valence-electron chi connectivity index (χ4n) is 1.15. The van der Waals surface area contributed by atoms with Gasteiger partial charge >= 0.3 is 0 Å². The van der Waals surface area contributed by atoms with Crippen LogP contribution in [0.1, 0.15) is 26.3 Å². The summed E-state index contributed by atoms with van der Waals surface area (Å²) in [6.07, 6.45) is 2.31. The maximum Gasteiger partial charge on any atom is 0.144 e. The van der Waals surface area contributed by atoms with Crippen LogP contribution in [0.4, 0.5) is 4.39 Å². The van der Waals surface area contributed by atoms with Gasteiger partial charge in [0.1, 0.15) is 22.6 Å². The van der Waals surface area contributed by atoms with E-state index in [-0.39, 0.29) is 0 Å². The van der Waals surface area contributed by atoms with Gasteiger partial charge in [-0.25, -0.2) is 8.60 Å². The van der Waals surface area contributed by atoms with Crippen molar-refractivity contribution in [3.05, 3.63) is 35.7 Å². The Kier molecular flexibility index (Phi) is 5.42. The Balaban J connectivity index is 2.76. The fraction of sp³-hybridized carbons (Fsp3) is 0.357. The van der Waals surface area contributed by atoms with Gasteiger partial charge in [0.2, 0.25) is 0 Å². The second kappa shape index (κ2) is 6.61. The Morgan fingerprint density at radius 2 is 1.89 bits per heavy atom. The van der Waals surface area contributed by atoms with E-state index in [1.165, 1.54) is 6.08 Å². The van der Waals surface area contributed by atoms with Crippen molar-refractivity contribution in [3.63, 3.8) is 0 Å². The van der Waals surface area contributed by atoms with Crippen molar-refractivity contribution in [1.82, 2.24) is 0 Å². The summed E-state index contributed by atoms with van der Waals surface area (Å²) in [5, 5.41) is 0. The van der Waals surface area contributed by atoms with Crippen molar-refractivity contribution in [2.75, 3.05) is 7.11 Å². The molecule has 0 N–H and O–H groups in total. The lowest BCUT2D eigenvalue weighted by Crippen LogP contribution is -2.19. The summed E-state index contributed by atoms with van der Waals surface area (Å²) in [4.78, 5) is 0. The van der Waals surface area contributed by atoms with Gasteiger partial charge in [-0.15, -0.1) is 0 Å². The van der Waals surface area contributed by atoms with Crippen LogP contribution in [0.3, 0.4) is 0 Å². The first-order valence-electron chi connectivity index (χ1n) is 5.80. The molecular formula is C14H18FNO2S. The summed E-state index contributed by atoms with van der Waals surface area (Å²) < 4.78 is 33.4. The lowest BCUT2D eigenvalue weighted by Gasteiger charge is -2.12. The van der Waals surface area contributed by atoms with E-state index >= 15 is 0 Å². The van der Waals surface area contributed by atoms with Crippen LogP contribution in [-0.2, 0) is 11.0 Å². The number of hydrogen-bond donors (Lipinski definition) is 0. The highest BCUT2D eigenvalue weighted by Gasteiger charge is 2.18. The van der Waals surface area contributed by atoms with E-state index in [0.717, 1.165) is 6.21 Å². The molecule has 0 aliphatic heterocycles. The van der Waals surface area contributed by atoms with Gasteiger partial charge in [0.05, 0.1) is 18.1 Å². The van der Waals surface area contributed by atoms with Crippen LogP contribution in [0.15, 0.2) is 34.5 Å². The van der Waals surface area contributed by atoms with Crippen LogP contribution < -0.4 is 4.74 Å². The number of hydrogen-bond acceptors (Lipinski definition) is 2. The van der Waals surface area contributed by atoms with Gasteiger partial charge in [-0.1, -0.05) is 12.1 Å². The van der Waals surface area contributed by atoms with Gasteiger partial charge in [0, 0.05) is 0 Å². The summed E-state index contributed by atoms with van der Waals surface area (Å²) in [5.41, 5.74) is 0.686. The molecule has 5 heteroatoms. The summed E-state index contributed by atoms with van der Waals surface area (Å²) in [6, 6.07) is 6.94. The average Bonchev–Trinajstić information content (AvgIpc) is 2.35. The molecule has 0 aliphatic carbocycles. The predicted molar refractivity (Wildman–Crippen MR) is 78.5 cm³/mol. The standard InChI is InChI=1S/C14H18FNO2S/c1-14(2,3)19(17)16-10-12(15)9-11-5-7-13(18-4)8-6-11/h5-10H,1-4H3/b12-9-,16-10+. The number of benzene rings is 1. The van der Waals surface area contributed by atoms with Crippen LogP contribution in [0.2, 0.25) is 0 Å². The maximum atomic E-state index is 13.6. The number of methoxy groups -OCH3 is 1.